The molecule has 1 fully saturated rings. The molecule has 396 valence electrons. The quantitative estimate of drug-likeness (QED) is 0.0482. The molecular formula is C51H57ClF3N13O6S. The number of aliphatic hydroxyl groups excluding tert-OH is 1. The zero-order valence-corrected chi connectivity index (χ0v) is 43.5. The number of nitrogens with one attached hydrogen (secondary N) is 3. The second kappa shape index (κ2) is 23.1. The van der Waals surface area contributed by atoms with E-state index in [1.807, 2.05) is 52.0 Å². The van der Waals surface area contributed by atoms with E-state index in [1.165, 1.54) is 4.90 Å². The van der Waals surface area contributed by atoms with Crippen LogP contribution in [0.1, 0.15) is 88.2 Å². The zero-order chi connectivity index (χ0) is 53.7. The summed E-state index contributed by atoms with van der Waals surface area (Å²) in [5, 5.41) is 32.7. The number of rotatable bonds is 20. The van der Waals surface area contributed by atoms with Crippen molar-refractivity contribution >= 4 is 63.2 Å². The Morgan fingerprint density at radius 3 is 2.40 bits per heavy atom. The topological polar surface area (TPSA) is 229 Å². The van der Waals surface area contributed by atoms with E-state index in [2.05, 4.69) is 41.3 Å². The first-order valence-electron chi connectivity index (χ1n) is 24.4. The van der Waals surface area contributed by atoms with Crippen LogP contribution in [0.5, 0.6) is 0 Å². The maximum atomic E-state index is 14.9. The fourth-order valence-corrected chi connectivity index (χ4v) is 9.95. The second-order valence-corrected chi connectivity index (χ2v) is 21.0. The third kappa shape index (κ3) is 13.0. The van der Waals surface area contributed by atoms with Crippen LogP contribution in [0, 0.1) is 29.8 Å². The van der Waals surface area contributed by atoms with Gasteiger partial charge < -0.3 is 26.0 Å². The van der Waals surface area contributed by atoms with Crippen LogP contribution in [0.25, 0.3) is 21.3 Å². The highest BCUT2D eigenvalue weighted by Crippen LogP contribution is 2.31. The average Bonchev–Trinajstić information content (AvgIpc) is 4.18. The van der Waals surface area contributed by atoms with Crippen LogP contribution in [0.4, 0.5) is 24.8 Å². The SMILES string of the molecule is Cc1ncsc1-c1ccc(CNC(=O)[C@@H]2C[C@@H](O)CN2C(=O)[C@@H](NC(=O)CCCCCCCn2cc(Cn3c(=O)nc(Nc4cc5cn(C)nc5cc4Cl)n(Cc4cc(F)c(F)cc4F)c3=O)nn2)C(C)(C)C)cc1. The number of likely N-dealkylation sites (tertiary alicyclic amines) is 1. The molecule has 3 amide bonds. The summed E-state index contributed by atoms with van der Waals surface area (Å²) < 4.78 is 47.9. The third-order valence-electron chi connectivity index (χ3n) is 12.9. The van der Waals surface area contributed by atoms with Crippen LogP contribution < -0.4 is 27.3 Å². The molecule has 1 aliphatic heterocycles. The summed E-state index contributed by atoms with van der Waals surface area (Å²) >= 11 is 8.07. The molecule has 4 aromatic heterocycles. The number of thiazole rings is 1. The van der Waals surface area contributed by atoms with Gasteiger partial charge in [0, 0.05) is 62.7 Å². The lowest BCUT2D eigenvalue weighted by molar-refractivity contribution is -0.144. The first-order chi connectivity index (χ1) is 35.7. The number of hydrogen-bond acceptors (Lipinski definition) is 13. The highest BCUT2D eigenvalue weighted by molar-refractivity contribution is 7.13. The van der Waals surface area contributed by atoms with Crippen LogP contribution in [0.2, 0.25) is 5.02 Å². The standard InChI is InChI=1S/C51H57ClF3N13O6S/c1-29-44(75-28-57-29)31-14-12-30(13-15-31)22-56-46(71)42-19-35(69)27-66(42)47(72)45(51(2,3)4)59-43(70)11-9-7-6-8-10-16-65-25-34(61-63-65)26-68-49(73)60-48(58-41-18-33-23-64(5)62-40(33)20-36(41)52)67(50(68)74)24-32-17-38(54)39(55)21-37(32)53/h12-15,17-18,20-21,23,25,28,35,42,45,69H,6-11,16,19,22,24,26-27H2,1-5H3,(H,56,71)(H,59,70)(H,58,60,73)/t35-,42+,45-/m1/s1. The van der Waals surface area contributed by atoms with E-state index in [9.17, 15) is 42.3 Å². The minimum atomic E-state index is -1.41. The molecule has 8 rings (SSSR count). The van der Waals surface area contributed by atoms with Gasteiger partial charge in [0.15, 0.2) is 11.6 Å². The van der Waals surface area contributed by atoms with E-state index in [-0.39, 0.29) is 72.2 Å². The average molecular weight is 1070 g/mol. The lowest BCUT2D eigenvalue weighted by Crippen LogP contribution is -2.57. The van der Waals surface area contributed by atoms with Crippen molar-refractivity contribution in [1.29, 1.82) is 0 Å². The van der Waals surface area contributed by atoms with Crippen molar-refractivity contribution in [3.05, 3.63) is 132 Å². The normalized spacial score (nSPS) is 15.1. The third-order valence-corrected chi connectivity index (χ3v) is 14.2. The highest BCUT2D eigenvalue weighted by atomic mass is 35.5. The largest absolute Gasteiger partial charge is 0.391 e. The van der Waals surface area contributed by atoms with E-state index in [0.717, 1.165) is 50.1 Å². The van der Waals surface area contributed by atoms with Crippen LogP contribution in [-0.4, -0.2) is 96.3 Å². The van der Waals surface area contributed by atoms with Gasteiger partial charge in [-0.2, -0.15) is 10.1 Å². The number of carbonyl (C=O) groups is 3. The van der Waals surface area contributed by atoms with Gasteiger partial charge in [-0.05, 0) is 54.5 Å². The first kappa shape index (κ1) is 54.0. The molecule has 0 bridgehead atoms. The van der Waals surface area contributed by atoms with Crippen molar-refractivity contribution in [2.75, 3.05) is 11.9 Å². The molecule has 0 spiro atoms. The molecule has 24 heteroatoms. The van der Waals surface area contributed by atoms with Crippen molar-refractivity contribution in [2.45, 2.75) is 117 Å². The van der Waals surface area contributed by atoms with Crippen molar-refractivity contribution in [1.82, 2.24) is 59.4 Å². The fraction of sp³-hybridized carbons (Fsp3) is 0.412. The molecular weight excluding hydrogens is 1020 g/mol. The Bertz CT molecular complexity index is 3350. The molecule has 0 unspecified atom stereocenters. The molecule has 0 saturated carbocycles. The fourth-order valence-electron chi connectivity index (χ4n) is 8.93. The highest BCUT2D eigenvalue weighted by Gasteiger charge is 2.44. The molecule has 19 nitrogen and oxygen atoms in total. The molecule has 0 aliphatic carbocycles. The van der Waals surface area contributed by atoms with Crippen LogP contribution in [0.15, 0.2) is 76.0 Å². The predicted octanol–water partition coefficient (Wildman–Crippen LogP) is 6.38. The number of anilines is 2. The van der Waals surface area contributed by atoms with E-state index < -0.39 is 64.9 Å². The molecule has 1 saturated heterocycles. The monoisotopic (exact) mass is 1070 g/mol. The number of aliphatic hydroxyl groups is 1. The van der Waals surface area contributed by atoms with E-state index >= 15 is 0 Å². The lowest BCUT2D eigenvalue weighted by atomic mass is 9.85. The van der Waals surface area contributed by atoms with E-state index in [1.54, 1.807) is 57.8 Å². The predicted molar refractivity (Wildman–Crippen MR) is 276 cm³/mol. The van der Waals surface area contributed by atoms with Crippen LogP contribution in [-0.2, 0) is 47.6 Å². The van der Waals surface area contributed by atoms with E-state index in [0.29, 0.717) is 42.4 Å². The van der Waals surface area contributed by atoms with Crippen molar-refractivity contribution in [3.63, 3.8) is 0 Å². The van der Waals surface area contributed by atoms with Gasteiger partial charge in [-0.1, -0.05) is 81.1 Å². The van der Waals surface area contributed by atoms with Gasteiger partial charge >= 0.3 is 11.4 Å². The number of unbranched alkanes of at least 4 members (excludes halogenated alkanes) is 4. The molecule has 3 atom stereocenters. The molecule has 3 aromatic carbocycles. The van der Waals surface area contributed by atoms with Gasteiger partial charge in [-0.25, -0.2) is 32.3 Å². The Morgan fingerprint density at radius 2 is 1.67 bits per heavy atom. The number of carbonyl (C=O) groups excluding carboxylic acids is 3. The smallest absolute Gasteiger partial charge is 0.355 e. The number of aryl methyl sites for hydroxylation is 3. The van der Waals surface area contributed by atoms with Gasteiger partial charge in [0.05, 0.1) is 57.7 Å². The number of fused-ring (bicyclic) bond motifs is 1. The number of nitrogens with zero attached hydrogens (tertiary/aromatic N) is 10. The van der Waals surface area contributed by atoms with E-state index in [4.69, 9.17) is 11.6 Å². The summed E-state index contributed by atoms with van der Waals surface area (Å²) in [5.41, 5.74) is 2.68. The molecule has 4 N–H and O–H groups in total. The molecule has 5 heterocycles. The summed E-state index contributed by atoms with van der Waals surface area (Å²) in [6.45, 7) is 7.12. The van der Waals surface area contributed by atoms with Crippen molar-refractivity contribution < 1.29 is 32.7 Å². The Kier molecular flexibility index (Phi) is 16.7. The Labute approximate surface area is 437 Å². The van der Waals surface area contributed by atoms with Gasteiger partial charge in [-0.3, -0.25) is 28.3 Å². The summed E-state index contributed by atoms with van der Waals surface area (Å²) in [7, 11) is 1.72. The minimum Gasteiger partial charge on any atom is -0.391 e. The Morgan fingerprint density at radius 1 is 0.933 bits per heavy atom. The minimum absolute atomic E-state index is 0.0291. The van der Waals surface area contributed by atoms with Crippen molar-refractivity contribution in [2.24, 2.45) is 12.5 Å². The maximum Gasteiger partial charge on any atom is 0.355 e. The lowest BCUT2D eigenvalue weighted by Gasteiger charge is -2.35. The van der Waals surface area contributed by atoms with Crippen LogP contribution in [0.3, 0.4) is 0 Å². The number of amides is 3. The summed E-state index contributed by atoms with van der Waals surface area (Å²) in [5.74, 6) is -5.33. The molecule has 75 heavy (non-hydrogen) atoms. The molecule has 0 radical (unpaired) electrons. The first-order valence-corrected chi connectivity index (χ1v) is 25.7. The summed E-state index contributed by atoms with van der Waals surface area (Å²) in [4.78, 5) is 79.1. The van der Waals surface area contributed by atoms with Gasteiger partial charge in [0.25, 0.3) is 0 Å². The number of aromatic nitrogens is 9. The molecule has 1 aliphatic rings. The van der Waals surface area contributed by atoms with Crippen molar-refractivity contribution in [3.8, 4) is 10.4 Å². The summed E-state index contributed by atoms with van der Waals surface area (Å²) in [6.07, 6.45) is 6.20. The molecule has 7 aromatic rings. The van der Waals surface area contributed by atoms with Crippen LogP contribution >= 0.6 is 22.9 Å². The van der Waals surface area contributed by atoms with Gasteiger partial charge in [-0.15, -0.1) is 16.4 Å². The summed E-state index contributed by atoms with van der Waals surface area (Å²) in [6, 6.07) is 10.1. The second-order valence-electron chi connectivity index (χ2n) is 19.8. The van der Waals surface area contributed by atoms with Gasteiger partial charge in [0.2, 0.25) is 23.7 Å². The van der Waals surface area contributed by atoms with Gasteiger partial charge in [0.1, 0.15) is 23.6 Å². The number of hydrogen-bond donors (Lipinski definition) is 4. The Balaban J connectivity index is 0.816. The number of halogens is 4. The zero-order valence-electron chi connectivity index (χ0n) is 41.9. The number of β-amino-alcohol motifs (C(OH)–C–C–N with tert-alkyl or cyclic N) is 1. The Hall–Kier alpha value is -7.24. The number of benzene rings is 3. The maximum absolute atomic E-state index is 14.9.